The van der Waals surface area contributed by atoms with Crippen LogP contribution in [-0.4, -0.2) is 75.7 Å². The summed E-state index contributed by atoms with van der Waals surface area (Å²) in [5.74, 6) is 0.0997. The molecule has 0 radical (unpaired) electrons. The predicted octanol–water partition coefficient (Wildman–Crippen LogP) is 2.21. The van der Waals surface area contributed by atoms with Crippen LogP contribution in [0.5, 0.6) is 0 Å². The van der Waals surface area contributed by atoms with Crippen LogP contribution >= 0.6 is 11.8 Å². The lowest BCUT2D eigenvalue weighted by Crippen LogP contribution is -2.50. The Hall–Kier alpha value is -3.02. The predicted molar refractivity (Wildman–Crippen MR) is 127 cm³/mol. The van der Waals surface area contributed by atoms with Crippen molar-refractivity contribution >= 4 is 33.8 Å². The third-order valence-electron chi connectivity index (χ3n) is 5.23. The van der Waals surface area contributed by atoms with Crippen LogP contribution in [0.25, 0.3) is 11.8 Å². The molecule has 3 aromatic rings. The second-order valence-electron chi connectivity index (χ2n) is 7.54. The van der Waals surface area contributed by atoms with Crippen molar-refractivity contribution in [2.24, 2.45) is 0 Å². The average molecular weight is 485 g/mol. The Morgan fingerprint density at radius 3 is 2.42 bits per heavy atom. The fraction of sp³-hybridized carbons (Fsp3) is 0.273. The topological polar surface area (TPSA) is 101 Å². The molecular formula is C22H24N6O3S2. The number of tetrazole rings is 1. The summed E-state index contributed by atoms with van der Waals surface area (Å²) in [6, 6.07) is 17.1. The van der Waals surface area contributed by atoms with Gasteiger partial charge in [0.1, 0.15) is 0 Å². The summed E-state index contributed by atoms with van der Waals surface area (Å²) in [4.78, 5) is 14.4. The van der Waals surface area contributed by atoms with Gasteiger partial charge in [0.05, 0.1) is 11.4 Å². The quantitative estimate of drug-likeness (QED) is 0.474. The molecular weight excluding hydrogens is 460 g/mol. The number of carbonyl (C=O) groups excluding carboxylic acids is 1. The van der Waals surface area contributed by atoms with Crippen LogP contribution in [0, 0.1) is 6.92 Å². The molecule has 172 valence electrons. The first-order valence-electron chi connectivity index (χ1n) is 10.4. The van der Waals surface area contributed by atoms with Crippen molar-refractivity contribution in [2.75, 3.05) is 31.9 Å². The van der Waals surface area contributed by atoms with Gasteiger partial charge in [-0.15, -0.1) is 5.10 Å². The van der Waals surface area contributed by atoms with Gasteiger partial charge in [0.2, 0.25) is 21.1 Å². The minimum atomic E-state index is -3.54. The molecule has 1 aliphatic rings. The summed E-state index contributed by atoms with van der Waals surface area (Å²) in [6.45, 7) is 3.22. The van der Waals surface area contributed by atoms with Crippen molar-refractivity contribution in [1.82, 2.24) is 29.4 Å². The van der Waals surface area contributed by atoms with E-state index in [2.05, 4.69) is 15.5 Å². The minimum absolute atomic E-state index is 0.0738. The van der Waals surface area contributed by atoms with E-state index < -0.39 is 10.0 Å². The number of piperazine rings is 1. The van der Waals surface area contributed by atoms with Gasteiger partial charge in [0, 0.05) is 31.6 Å². The zero-order valence-electron chi connectivity index (χ0n) is 18.1. The normalized spacial score (nSPS) is 15.2. The Kier molecular flexibility index (Phi) is 7.21. The first-order chi connectivity index (χ1) is 15.9. The number of sulfonamides is 1. The molecule has 2 aromatic carbocycles. The number of aryl methyl sites for hydroxylation is 1. The fourth-order valence-corrected chi connectivity index (χ4v) is 5.31. The molecule has 1 aliphatic heterocycles. The molecule has 0 bridgehead atoms. The number of rotatable bonds is 7. The molecule has 9 nitrogen and oxygen atoms in total. The van der Waals surface area contributed by atoms with Crippen molar-refractivity contribution in [2.45, 2.75) is 12.1 Å². The van der Waals surface area contributed by atoms with Crippen LogP contribution in [-0.2, 0) is 14.8 Å². The molecule has 0 N–H and O–H groups in total. The van der Waals surface area contributed by atoms with Crippen molar-refractivity contribution in [1.29, 1.82) is 0 Å². The Morgan fingerprint density at radius 2 is 1.73 bits per heavy atom. The van der Waals surface area contributed by atoms with E-state index in [1.165, 1.54) is 21.5 Å². The van der Waals surface area contributed by atoms with Gasteiger partial charge < -0.3 is 4.90 Å². The molecule has 0 unspecified atom stereocenters. The molecule has 1 fully saturated rings. The van der Waals surface area contributed by atoms with E-state index in [4.69, 9.17) is 0 Å². The smallest absolute Gasteiger partial charge is 0.236 e. The SMILES string of the molecule is Cc1ccc(-n2nnnc2SCC(=O)N2CCN(S(=O)(=O)/C=C/c3ccccc3)CC2)cc1. The van der Waals surface area contributed by atoms with Crippen molar-refractivity contribution < 1.29 is 13.2 Å². The van der Waals surface area contributed by atoms with Crippen LogP contribution < -0.4 is 0 Å². The Bertz CT molecular complexity index is 1220. The third kappa shape index (κ3) is 5.86. The highest BCUT2D eigenvalue weighted by atomic mass is 32.2. The zero-order valence-corrected chi connectivity index (χ0v) is 19.7. The fourth-order valence-electron chi connectivity index (χ4n) is 3.34. The Balaban J connectivity index is 1.30. The van der Waals surface area contributed by atoms with E-state index in [-0.39, 0.29) is 24.7 Å². The van der Waals surface area contributed by atoms with E-state index in [0.29, 0.717) is 18.2 Å². The lowest BCUT2D eigenvalue weighted by molar-refractivity contribution is -0.129. The summed E-state index contributed by atoms with van der Waals surface area (Å²) < 4.78 is 28.2. The lowest BCUT2D eigenvalue weighted by Gasteiger charge is -2.33. The summed E-state index contributed by atoms with van der Waals surface area (Å²) in [7, 11) is -3.54. The number of amides is 1. The maximum Gasteiger partial charge on any atom is 0.236 e. The first-order valence-corrected chi connectivity index (χ1v) is 12.9. The molecule has 1 aromatic heterocycles. The van der Waals surface area contributed by atoms with Gasteiger partial charge in [0.15, 0.2) is 0 Å². The zero-order chi connectivity index (χ0) is 23.3. The summed E-state index contributed by atoms with van der Waals surface area (Å²) in [5.41, 5.74) is 2.77. The lowest BCUT2D eigenvalue weighted by atomic mass is 10.2. The number of aromatic nitrogens is 4. The number of thioether (sulfide) groups is 1. The summed E-state index contributed by atoms with van der Waals surface area (Å²) >= 11 is 1.26. The molecule has 2 heterocycles. The number of hydrogen-bond donors (Lipinski definition) is 0. The first kappa shape index (κ1) is 23.1. The van der Waals surface area contributed by atoms with Crippen LogP contribution in [0.3, 0.4) is 0 Å². The van der Waals surface area contributed by atoms with E-state index in [9.17, 15) is 13.2 Å². The summed E-state index contributed by atoms with van der Waals surface area (Å²) in [6.07, 6.45) is 1.59. The van der Waals surface area contributed by atoms with Crippen LogP contribution in [0.1, 0.15) is 11.1 Å². The Labute approximate surface area is 197 Å². The van der Waals surface area contributed by atoms with E-state index >= 15 is 0 Å². The van der Waals surface area contributed by atoms with Crippen LogP contribution in [0.4, 0.5) is 0 Å². The van der Waals surface area contributed by atoms with Gasteiger partial charge in [-0.3, -0.25) is 4.79 Å². The number of nitrogens with zero attached hydrogens (tertiary/aromatic N) is 6. The maximum absolute atomic E-state index is 12.7. The third-order valence-corrected chi connectivity index (χ3v) is 7.70. The van der Waals surface area contributed by atoms with Crippen LogP contribution in [0.2, 0.25) is 0 Å². The highest BCUT2D eigenvalue weighted by molar-refractivity contribution is 7.99. The maximum atomic E-state index is 12.7. The second kappa shape index (κ2) is 10.3. The molecule has 0 spiro atoms. The summed E-state index contributed by atoms with van der Waals surface area (Å²) in [5, 5.41) is 13.5. The molecule has 0 saturated carbocycles. The van der Waals surface area contributed by atoms with Crippen molar-refractivity contribution in [3.05, 3.63) is 71.1 Å². The highest BCUT2D eigenvalue weighted by Gasteiger charge is 2.27. The number of hydrogen-bond acceptors (Lipinski definition) is 7. The number of benzene rings is 2. The molecule has 4 rings (SSSR count). The molecule has 1 saturated heterocycles. The van der Waals surface area contributed by atoms with Crippen LogP contribution in [0.15, 0.2) is 65.2 Å². The minimum Gasteiger partial charge on any atom is -0.339 e. The molecule has 0 aliphatic carbocycles. The standard InChI is InChI=1S/C22H24N6O3S2/c1-18-7-9-20(10-8-18)28-22(23-24-25-28)32-17-21(29)26-12-14-27(15-13-26)33(30,31)16-11-19-5-3-2-4-6-19/h2-11,16H,12-15,17H2,1H3/b16-11+. The molecule has 11 heteroatoms. The van der Waals surface area contributed by atoms with E-state index in [1.807, 2.05) is 61.5 Å². The molecule has 33 heavy (non-hydrogen) atoms. The largest absolute Gasteiger partial charge is 0.339 e. The van der Waals surface area contributed by atoms with Gasteiger partial charge in [-0.2, -0.15) is 8.99 Å². The number of carbonyl (C=O) groups is 1. The van der Waals surface area contributed by atoms with E-state index in [1.54, 1.807) is 15.7 Å². The van der Waals surface area contributed by atoms with E-state index in [0.717, 1.165) is 16.8 Å². The molecule has 1 amide bonds. The van der Waals surface area contributed by atoms with Gasteiger partial charge in [-0.1, -0.05) is 59.8 Å². The van der Waals surface area contributed by atoms with Crippen molar-refractivity contribution in [3.8, 4) is 5.69 Å². The highest BCUT2D eigenvalue weighted by Crippen LogP contribution is 2.20. The average Bonchev–Trinajstić information content (AvgIpc) is 3.31. The monoisotopic (exact) mass is 484 g/mol. The molecule has 0 atom stereocenters. The Morgan fingerprint density at radius 1 is 1.03 bits per heavy atom. The van der Waals surface area contributed by atoms with Gasteiger partial charge in [-0.25, -0.2) is 8.42 Å². The van der Waals surface area contributed by atoms with Crippen molar-refractivity contribution in [3.63, 3.8) is 0 Å². The van der Waals surface area contributed by atoms with Gasteiger partial charge in [-0.05, 0) is 41.1 Å². The van der Waals surface area contributed by atoms with Gasteiger partial charge >= 0.3 is 0 Å². The van der Waals surface area contributed by atoms with Gasteiger partial charge in [0.25, 0.3) is 0 Å². The second-order valence-corrected chi connectivity index (χ2v) is 10.3.